The van der Waals surface area contributed by atoms with Crippen LogP contribution in [0.1, 0.15) is 5.56 Å². The van der Waals surface area contributed by atoms with Gasteiger partial charge in [0.15, 0.2) is 0 Å². The summed E-state index contributed by atoms with van der Waals surface area (Å²) in [6, 6.07) is 8.61. The molecule has 0 radical (unpaired) electrons. The molecule has 1 saturated heterocycles. The first-order valence-electron chi connectivity index (χ1n) is 6.90. The van der Waals surface area contributed by atoms with E-state index in [0.29, 0.717) is 11.2 Å². The maximum absolute atomic E-state index is 5.70. The number of methoxy groups -OCH3 is 1. The highest BCUT2D eigenvalue weighted by atomic mass is 32.2. The van der Waals surface area contributed by atoms with Crippen LogP contribution in [0.25, 0.3) is 0 Å². The molecule has 1 aliphatic rings. The van der Waals surface area contributed by atoms with Crippen LogP contribution >= 0.6 is 11.8 Å². The molecule has 1 fully saturated rings. The molecule has 0 saturated carbocycles. The lowest BCUT2D eigenvalue weighted by Gasteiger charge is -2.24. The van der Waals surface area contributed by atoms with Crippen molar-refractivity contribution in [3.8, 4) is 5.75 Å². The first-order valence-corrected chi connectivity index (χ1v) is 7.88. The highest BCUT2D eigenvalue weighted by Gasteiger charge is 2.16. The van der Waals surface area contributed by atoms with Gasteiger partial charge in [-0.1, -0.05) is 34.1 Å². The highest BCUT2D eigenvalue weighted by Crippen LogP contribution is 2.25. The van der Waals surface area contributed by atoms with Crippen molar-refractivity contribution in [3.05, 3.63) is 29.8 Å². The predicted molar refractivity (Wildman–Crippen MR) is 81.9 cm³/mol. The normalized spacial score (nSPS) is 15.2. The summed E-state index contributed by atoms with van der Waals surface area (Å²) >= 11 is 1.55. The van der Waals surface area contributed by atoms with Gasteiger partial charge in [-0.25, -0.2) is 0 Å². The number of nitrogens with zero attached hydrogens (tertiary/aromatic N) is 3. The number of aromatic nitrogens is 2. The van der Waals surface area contributed by atoms with Gasteiger partial charge < -0.3 is 19.4 Å². The smallest absolute Gasteiger partial charge is 0.318 e. The third kappa shape index (κ3) is 3.68. The fourth-order valence-electron chi connectivity index (χ4n) is 2.11. The summed E-state index contributed by atoms with van der Waals surface area (Å²) in [6.45, 7) is 3.73. The molecule has 0 atom stereocenters. The summed E-state index contributed by atoms with van der Waals surface area (Å²) in [6.07, 6.45) is 0. The largest absolute Gasteiger partial charge is 0.497 e. The minimum atomic E-state index is 0.611. The van der Waals surface area contributed by atoms with Crippen LogP contribution in [0, 0.1) is 0 Å². The standard InChI is InChI=1S/C14H18N4O2S/c1-19-12-4-2-11(3-5-12)10-21-14-17-16-13(20-14)18-8-6-15-7-9-18/h2-5,15H,6-10H2,1H3. The van der Waals surface area contributed by atoms with E-state index < -0.39 is 0 Å². The zero-order valence-electron chi connectivity index (χ0n) is 11.9. The first-order chi connectivity index (χ1) is 10.3. The van der Waals surface area contributed by atoms with E-state index in [2.05, 4.69) is 20.4 Å². The second kappa shape index (κ2) is 6.82. The minimum absolute atomic E-state index is 0.611. The molecule has 3 rings (SSSR count). The van der Waals surface area contributed by atoms with Gasteiger partial charge in [0.05, 0.1) is 7.11 Å². The van der Waals surface area contributed by atoms with Crippen LogP contribution in [-0.2, 0) is 5.75 Å². The van der Waals surface area contributed by atoms with E-state index in [1.165, 1.54) is 5.56 Å². The fraction of sp³-hybridized carbons (Fsp3) is 0.429. The zero-order valence-corrected chi connectivity index (χ0v) is 12.7. The van der Waals surface area contributed by atoms with Crippen LogP contribution in [0.5, 0.6) is 5.75 Å². The van der Waals surface area contributed by atoms with Crippen molar-refractivity contribution in [2.75, 3.05) is 38.2 Å². The molecule has 0 aliphatic carbocycles. The molecule has 1 aromatic heterocycles. The number of rotatable bonds is 5. The van der Waals surface area contributed by atoms with Gasteiger partial charge >= 0.3 is 6.01 Å². The molecular weight excluding hydrogens is 288 g/mol. The summed E-state index contributed by atoms with van der Waals surface area (Å²) in [5, 5.41) is 12.1. The van der Waals surface area contributed by atoms with E-state index >= 15 is 0 Å². The number of anilines is 1. The van der Waals surface area contributed by atoms with Gasteiger partial charge in [0.2, 0.25) is 0 Å². The number of thioether (sulfide) groups is 1. The molecule has 0 spiro atoms. The Kier molecular flexibility index (Phi) is 4.62. The minimum Gasteiger partial charge on any atom is -0.497 e. The molecule has 1 N–H and O–H groups in total. The zero-order chi connectivity index (χ0) is 14.5. The number of nitrogens with one attached hydrogen (secondary N) is 1. The van der Waals surface area contributed by atoms with Crippen molar-refractivity contribution >= 4 is 17.8 Å². The van der Waals surface area contributed by atoms with Crippen LogP contribution < -0.4 is 15.0 Å². The topological polar surface area (TPSA) is 63.4 Å². The van der Waals surface area contributed by atoms with Crippen molar-refractivity contribution in [3.63, 3.8) is 0 Å². The average molecular weight is 306 g/mol. The van der Waals surface area contributed by atoms with Gasteiger partial charge in [-0.2, -0.15) is 0 Å². The number of benzene rings is 1. The third-order valence-corrected chi connectivity index (χ3v) is 4.19. The van der Waals surface area contributed by atoms with Crippen molar-refractivity contribution in [1.82, 2.24) is 15.5 Å². The Balaban J connectivity index is 1.56. The van der Waals surface area contributed by atoms with Crippen LogP contribution in [-0.4, -0.2) is 43.5 Å². The number of piperazine rings is 1. The summed E-state index contributed by atoms with van der Waals surface area (Å²) in [5.74, 6) is 1.66. The lowest BCUT2D eigenvalue weighted by atomic mass is 10.2. The van der Waals surface area contributed by atoms with Crippen LogP contribution in [0.2, 0.25) is 0 Å². The van der Waals surface area contributed by atoms with Crippen molar-refractivity contribution in [2.45, 2.75) is 11.0 Å². The molecular formula is C14H18N4O2S. The van der Waals surface area contributed by atoms with E-state index in [-0.39, 0.29) is 0 Å². The highest BCUT2D eigenvalue weighted by molar-refractivity contribution is 7.98. The summed E-state index contributed by atoms with van der Waals surface area (Å²) < 4.78 is 10.8. The van der Waals surface area contributed by atoms with Gasteiger partial charge in [-0.15, -0.1) is 0 Å². The Morgan fingerprint density at radius 1 is 1.24 bits per heavy atom. The molecule has 7 heteroatoms. The second-order valence-electron chi connectivity index (χ2n) is 4.72. The number of hydrogen-bond donors (Lipinski definition) is 1. The van der Waals surface area contributed by atoms with Crippen LogP contribution in [0.15, 0.2) is 33.9 Å². The van der Waals surface area contributed by atoms with Crippen molar-refractivity contribution in [1.29, 1.82) is 0 Å². The maximum Gasteiger partial charge on any atom is 0.318 e. The molecule has 2 heterocycles. The predicted octanol–water partition coefficient (Wildman–Crippen LogP) is 1.78. The monoisotopic (exact) mass is 306 g/mol. The Morgan fingerprint density at radius 3 is 2.71 bits per heavy atom. The molecule has 0 unspecified atom stereocenters. The Bertz CT molecular complexity index is 567. The van der Waals surface area contributed by atoms with Gasteiger partial charge in [0.25, 0.3) is 5.22 Å². The summed E-state index contributed by atoms with van der Waals surface area (Å²) in [5.41, 5.74) is 1.20. The maximum atomic E-state index is 5.70. The van der Waals surface area contributed by atoms with E-state index in [9.17, 15) is 0 Å². The second-order valence-corrected chi connectivity index (χ2v) is 5.65. The van der Waals surface area contributed by atoms with Crippen LogP contribution in [0.3, 0.4) is 0 Å². The lowest BCUT2D eigenvalue weighted by molar-refractivity contribution is 0.414. The number of hydrogen-bond acceptors (Lipinski definition) is 7. The van der Waals surface area contributed by atoms with Crippen molar-refractivity contribution in [2.24, 2.45) is 0 Å². The van der Waals surface area contributed by atoms with E-state index in [4.69, 9.17) is 9.15 Å². The fourth-order valence-corrected chi connectivity index (χ4v) is 2.83. The van der Waals surface area contributed by atoms with Gasteiger partial charge in [-0.3, -0.25) is 0 Å². The molecule has 1 aromatic carbocycles. The first kappa shape index (κ1) is 14.2. The third-order valence-electron chi connectivity index (χ3n) is 3.30. The molecule has 2 aromatic rings. The molecule has 1 aliphatic heterocycles. The molecule has 6 nitrogen and oxygen atoms in total. The molecule has 0 amide bonds. The van der Waals surface area contributed by atoms with Crippen LogP contribution in [0.4, 0.5) is 6.01 Å². The average Bonchev–Trinajstić information content (AvgIpc) is 3.03. The lowest BCUT2D eigenvalue weighted by Crippen LogP contribution is -2.43. The molecule has 112 valence electrons. The Hall–Kier alpha value is -1.73. The summed E-state index contributed by atoms with van der Waals surface area (Å²) in [4.78, 5) is 2.11. The Labute approximate surface area is 127 Å². The summed E-state index contributed by atoms with van der Waals surface area (Å²) in [7, 11) is 1.67. The molecule has 0 bridgehead atoms. The van der Waals surface area contributed by atoms with E-state index in [1.54, 1.807) is 18.9 Å². The SMILES string of the molecule is COc1ccc(CSc2nnc(N3CCNCC3)o2)cc1. The Morgan fingerprint density at radius 2 is 2.00 bits per heavy atom. The van der Waals surface area contributed by atoms with E-state index in [1.807, 2.05) is 24.3 Å². The van der Waals surface area contributed by atoms with E-state index in [0.717, 1.165) is 37.7 Å². The quantitative estimate of drug-likeness (QED) is 0.845. The number of ether oxygens (including phenoxy) is 1. The van der Waals surface area contributed by atoms with Gasteiger partial charge in [0.1, 0.15) is 5.75 Å². The molecule has 21 heavy (non-hydrogen) atoms. The van der Waals surface area contributed by atoms with Crippen molar-refractivity contribution < 1.29 is 9.15 Å². The van der Waals surface area contributed by atoms with Gasteiger partial charge in [0, 0.05) is 31.9 Å². The van der Waals surface area contributed by atoms with Gasteiger partial charge in [-0.05, 0) is 17.7 Å².